The number of nitrogens with one attached hydrogen (secondary N) is 3. The lowest BCUT2D eigenvalue weighted by molar-refractivity contribution is -0.892. The van der Waals surface area contributed by atoms with Crippen molar-refractivity contribution in [2.75, 3.05) is 37.6 Å². The Balaban J connectivity index is 1.42. The molecule has 2 aliphatic rings. The van der Waals surface area contributed by atoms with Gasteiger partial charge < -0.3 is 15.1 Å². The van der Waals surface area contributed by atoms with E-state index in [0.29, 0.717) is 12.1 Å². The van der Waals surface area contributed by atoms with Crippen LogP contribution in [-0.4, -0.2) is 56.5 Å². The molecule has 25 heavy (non-hydrogen) atoms. The van der Waals surface area contributed by atoms with E-state index in [1.54, 1.807) is 6.92 Å². The highest BCUT2D eigenvalue weighted by atomic mass is 16.2. The Morgan fingerprint density at radius 3 is 2.32 bits per heavy atom. The summed E-state index contributed by atoms with van der Waals surface area (Å²) in [4.78, 5) is 38.3. The van der Waals surface area contributed by atoms with Gasteiger partial charge in [-0.1, -0.05) is 0 Å². The van der Waals surface area contributed by atoms with Gasteiger partial charge in [0.15, 0.2) is 12.3 Å². The second-order valence-corrected chi connectivity index (χ2v) is 6.81. The standard InChI is InChI=1S/C18H24N4O3/c1-13(23)14-2-6-16(7-3-14)22-10-8-21(9-11-22)12-17(24)20-18(25)19-15-4-5-15/h2-3,6-7,15H,4-5,8-12H2,1H3,(H2,19,20,24,25)/p+1. The molecule has 1 aromatic rings. The molecule has 134 valence electrons. The van der Waals surface area contributed by atoms with Crippen LogP contribution in [0.1, 0.15) is 30.1 Å². The van der Waals surface area contributed by atoms with Crippen molar-refractivity contribution in [1.29, 1.82) is 0 Å². The van der Waals surface area contributed by atoms with Crippen LogP contribution in [-0.2, 0) is 4.79 Å². The van der Waals surface area contributed by atoms with Crippen LogP contribution in [0.2, 0.25) is 0 Å². The molecule has 7 nitrogen and oxygen atoms in total. The van der Waals surface area contributed by atoms with Gasteiger partial charge in [0.1, 0.15) is 0 Å². The van der Waals surface area contributed by atoms with E-state index in [4.69, 9.17) is 0 Å². The first-order valence-electron chi connectivity index (χ1n) is 8.81. The van der Waals surface area contributed by atoms with E-state index >= 15 is 0 Å². The van der Waals surface area contributed by atoms with E-state index < -0.39 is 0 Å². The lowest BCUT2D eigenvalue weighted by atomic mass is 10.1. The summed E-state index contributed by atoms with van der Waals surface area (Å²) in [6.07, 6.45) is 2.00. The molecule has 1 saturated heterocycles. The first kappa shape index (κ1) is 17.4. The Kier molecular flexibility index (Phi) is 5.33. The highest BCUT2D eigenvalue weighted by Crippen LogP contribution is 2.18. The van der Waals surface area contributed by atoms with Crippen molar-refractivity contribution in [3.63, 3.8) is 0 Å². The molecule has 7 heteroatoms. The minimum Gasteiger partial charge on any atom is -0.360 e. The molecule has 0 atom stereocenters. The summed E-state index contributed by atoms with van der Waals surface area (Å²) in [5, 5.41) is 5.15. The average molecular weight is 345 g/mol. The van der Waals surface area contributed by atoms with E-state index in [1.165, 1.54) is 4.90 Å². The second-order valence-electron chi connectivity index (χ2n) is 6.81. The van der Waals surface area contributed by atoms with Crippen molar-refractivity contribution in [2.24, 2.45) is 0 Å². The van der Waals surface area contributed by atoms with Crippen LogP contribution in [0.5, 0.6) is 0 Å². The minimum absolute atomic E-state index is 0.0672. The normalized spacial score (nSPS) is 17.9. The molecule has 1 aromatic carbocycles. The summed E-state index contributed by atoms with van der Waals surface area (Å²) in [6.45, 7) is 5.24. The van der Waals surface area contributed by atoms with Crippen molar-refractivity contribution in [2.45, 2.75) is 25.8 Å². The number of carbonyl (C=O) groups is 3. The molecule has 0 bridgehead atoms. The number of ketones is 1. The Labute approximate surface area is 147 Å². The van der Waals surface area contributed by atoms with E-state index in [2.05, 4.69) is 15.5 Å². The maximum Gasteiger partial charge on any atom is 0.321 e. The smallest absolute Gasteiger partial charge is 0.321 e. The summed E-state index contributed by atoms with van der Waals surface area (Å²) in [5.74, 6) is -0.162. The lowest BCUT2D eigenvalue weighted by Gasteiger charge is -2.33. The third kappa shape index (κ3) is 5.03. The largest absolute Gasteiger partial charge is 0.360 e. The maximum absolute atomic E-state index is 11.9. The summed E-state index contributed by atoms with van der Waals surface area (Å²) < 4.78 is 0. The Morgan fingerprint density at radius 2 is 1.76 bits per heavy atom. The van der Waals surface area contributed by atoms with Crippen LogP contribution in [0.15, 0.2) is 24.3 Å². The topological polar surface area (TPSA) is 83.0 Å². The fourth-order valence-corrected chi connectivity index (χ4v) is 3.01. The predicted octanol–water partition coefficient (Wildman–Crippen LogP) is -0.418. The van der Waals surface area contributed by atoms with Crippen LogP contribution in [0.3, 0.4) is 0 Å². The molecule has 0 spiro atoms. The van der Waals surface area contributed by atoms with Gasteiger partial charge in [0.2, 0.25) is 0 Å². The summed E-state index contributed by atoms with van der Waals surface area (Å²) >= 11 is 0. The molecule has 1 aliphatic heterocycles. The summed E-state index contributed by atoms with van der Waals surface area (Å²) in [6, 6.07) is 7.51. The molecular formula is C18H25N4O3+. The molecule has 3 N–H and O–H groups in total. The molecule has 0 radical (unpaired) electrons. The van der Waals surface area contributed by atoms with E-state index in [9.17, 15) is 14.4 Å². The van der Waals surface area contributed by atoms with Gasteiger partial charge in [-0.05, 0) is 44.0 Å². The van der Waals surface area contributed by atoms with Gasteiger partial charge in [-0.3, -0.25) is 14.9 Å². The third-order valence-corrected chi connectivity index (χ3v) is 4.69. The predicted molar refractivity (Wildman–Crippen MR) is 93.9 cm³/mol. The van der Waals surface area contributed by atoms with Crippen LogP contribution < -0.4 is 20.4 Å². The Hall–Kier alpha value is -2.41. The van der Waals surface area contributed by atoms with E-state index in [0.717, 1.165) is 44.7 Å². The fraction of sp³-hybridized carbons (Fsp3) is 0.500. The SMILES string of the molecule is CC(=O)c1ccc(N2CC[NH+](CC(=O)NC(=O)NC3CC3)CC2)cc1. The number of imide groups is 1. The van der Waals surface area contributed by atoms with E-state index in [1.807, 2.05) is 24.3 Å². The van der Waals surface area contributed by atoms with Crippen molar-refractivity contribution >= 4 is 23.4 Å². The second kappa shape index (κ2) is 7.65. The minimum atomic E-state index is -0.379. The fourth-order valence-electron chi connectivity index (χ4n) is 3.01. The number of hydrogen-bond donors (Lipinski definition) is 3. The number of anilines is 1. The Bertz CT molecular complexity index is 647. The van der Waals surface area contributed by atoms with Gasteiger partial charge in [0, 0.05) is 17.3 Å². The van der Waals surface area contributed by atoms with Crippen LogP contribution in [0.25, 0.3) is 0 Å². The number of hydrogen-bond acceptors (Lipinski definition) is 4. The number of nitrogens with zero attached hydrogens (tertiary/aromatic N) is 1. The van der Waals surface area contributed by atoms with Gasteiger partial charge in [-0.2, -0.15) is 0 Å². The first-order valence-corrected chi connectivity index (χ1v) is 8.81. The lowest BCUT2D eigenvalue weighted by Crippen LogP contribution is -3.16. The number of carbonyl (C=O) groups excluding carboxylic acids is 3. The van der Waals surface area contributed by atoms with Gasteiger partial charge in [0.25, 0.3) is 5.91 Å². The van der Waals surface area contributed by atoms with Crippen molar-refractivity contribution in [3.8, 4) is 0 Å². The van der Waals surface area contributed by atoms with Crippen molar-refractivity contribution in [1.82, 2.24) is 10.6 Å². The molecule has 1 aliphatic carbocycles. The zero-order valence-corrected chi connectivity index (χ0v) is 14.5. The third-order valence-electron chi connectivity index (χ3n) is 4.69. The quantitative estimate of drug-likeness (QED) is 0.633. The zero-order chi connectivity index (χ0) is 17.8. The highest BCUT2D eigenvalue weighted by Gasteiger charge is 2.26. The van der Waals surface area contributed by atoms with Crippen LogP contribution >= 0.6 is 0 Å². The number of urea groups is 1. The monoisotopic (exact) mass is 345 g/mol. The highest BCUT2D eigenvalue weighted by molar-refractivity contribution is 5.95. The molecular weight excluding hydrogens is 320 g/mol. The molecule has 1 heterocycles. The first-order chi connectivity index (χ1) is 12.0. The van der Waals surface area contributed by atoms with Gasteiger partial charge in [-0.15, -0.1) is 0 Å². The average Bonchev–Trinajstić information content (AvgIpc) is 3.39. The number of rotatable bonds is 5. The van der Waals surface area contributed by atoms with Crippen molar-refractivity contribution in [3.05, 3.63) is 29.8 Å². The Morgan fingerprint density at radius 1 is 1.12 bits per heavy atom. The molecule has 3 amide bonds. The maximum atomic E-state index is 11.9. The van der Waals surface area contributed by atoms with Gasteiger partial charge in [-0.25, -0.2) is 4.79 Å². The van der Waals surface area contributed by atoms with Gasteiger partial charge >= 0.3 is 6.03 Å². The molecule has 1 saturated carbocycles. The molecule has 2 fully saturated rings. The number of amides is 3. The van der Waals surface area contributed by atoms with Crippen LogP contribution in [0.4, 0.5) is 10.5 Å². The number of quaternary nitrogens is 1. The van der Waals surface area contributed by atoms with Gasteiger partial charge in [0.05, 0.1) is 26.2 Å². The number of piperazine rings is 1. The zero-order valence-electron chi connectivity index (χ0n) is 14.5. The van der Waals surface area contributed by atoms with Crippen molar-refractivity contribution < 1.29 is 19.3 Å². The van der Waals surface area contributed by atoms with E-state index in [-0.39, 0.29) is 23.8 Å². The molecule has 3 rings (SSSR count). The van der Waals surface area contributed by atoms with Crippen LogP contribution in [0, 0.1) is 0 Å². The molecule has 0 unspecified atom stereocenters. The number of Topliss-reactive ketones (excluding diaryl/α,β-unsaturated/α-hetero) is 1. The number of benzene rings is 1. The molecule has 0 aromatic heterocycles. The summed E-state index contributed by atoms with van der Waals surface area (Å²) in [7, 11) is 0. The summed E-state index contributed by atoms with van der Waals surface area (Å²) in [5.41, 5.74) is 1.81.